The molecule has 0 aliphatic carbocycles. The number of benzene rings is 1. The van der Waals surface area contributed by atoms with Crippen molar-refractivity contribution in [2.75, 3.05) is 6.54 Å². The Labute approximate surface area is 124 Å². The Morgan fingerprint density at radius 3 is 2.74 bits per heavy atom. The van der Waals surface area contributed by atoms with E-state index in [9.17, 15) is 0 Å². The summed E-state index contributed by atoms with van der Waals surface area (Å²) in [7, 11) is 0. The Hall–Kier alpha value is -0.770. The molecule has 2 rings (SSSR count). The molecule has 19 heavy (non-hydrogen) atoms. The van der Waals surface area contributed by atoms with Crippen LogP contribution in [0.15, 0.2) is 44.8 Å². The summed E-state index contributed by atoms with van der Waals surface area (Å²) in [5, 5.41) is 5.62. The SMILES string of the molecule is Cc1cc(CNCC(C)C)ccc1Sc1cccs1. The second kappa shape index (κ2) is 7.13. The molecule has 0 aliphatic rings. The first-order valence-corrected chi connectivity index (χ1v) is 8.36. The lowest BCUT2D eigenvalue weighted by Crippen LogP contribution is -2.18. The molecular formula is C16H21NS2. The van der Waals surface area contributed by atoms with Crippen LogP contribution < -0.4 is 5.32 Å². The zero-order valence-corrected chi connectivity index (χ0v) is 13.4. The van der Waals surface area contributed by atoms with Crippen LogP contribution in [-0.2, 0) is 6.54 Å². The molecule has 0 amide bonds. The molecule has 0 radical (unpaired) electrons. The summed E-state index contributed by atoms with van der Waals surface area (Å²) < 4.78 is 1.36. The van der Waals surface area contributed by atoms with Crippen molar-refractivity contribution in [3.63, 3.8) is 0 Å². The van der Waals surface area contributed by atoms with Gasteiger partial charge in [0.05, 0.1) is 4.21 Å². The van der Waals surface area contributed by atoms with E-state index in [0.717, 1.165) is 13.1 Å². The third-order valence-electron chi connectivity index (χ3n) is 2.83. The van der Waals surface area contributed by atoms with E-state index in [4.69, 9.17) is 0 Å². The topological polar surface area (TPSA) is 12.0 Å². The second-order valence-electron chi connectivity index (χ2n) is 5.16. The Morgan fingerprint density at radius 2 is 2.11 bits per heavy atom. The number of thiophene rings is 1. The predicted molar refractivity (Wildman–Crippen MR) is 86.2 cm³/mol. The van der Waals surface area contributed by atoms with E-state index in [-0.39, 0.29) is 0 Å². The number of hydrogen-bond acceptors (Lipinski definition) is 3. The lowest BCUT2D eigenvalue weighted by molar-refractivity contribution is 0.552. The largest absolute Gasteiger partial charge is 0.312 e. The maximum atomic E-state index is 3.49. The zero-order valence-electron chi connectivity index (χ0n) is 11.8. The normalized spacial score (nSPS) is 11.2. The molecule has 0 saturated carbocycles. The van der Waals surface area contributed by atoms with Gasteiger partial charge >= 0.3 is 0 Å². The molecule has 0 bridgehead atoms. The van der Waals surface area contributed by atoms with Crippen LogP contribution in [0.3, 0.4) is 0 Å². The second-order valence-corrected chi connectivity index (χ2v) is 7.45. The van der Waals surface area contributed by atoms with E-state index in [2.05, 4.69) is 61.8 Å². The van der Waals surface area contributed by atoms with Crippen LogP contribution in [0.2, 0.25) is 0 Å². The van der Waals surface area contributed by atoms with E-state index in [1.807, 2.05) is 11.8 Å². The van der Waals surface area contributed by atoms with Gasteiger partial charge in [-0.2, -0.15) is 0 Å². The highest BCUT2D eigenvalue weighted by Crippen LogP contribution is 2.33. The van der Waals surface area contributed by atoms with Crippen molar-refractivity contribution in [3.8, 4) is 0 Å². The first kappa shape index (κ1) is 14.6. The molecule has 0 atom stereocenters. The maximum Gasteiger partial charge on any atom is 0.0646 e. The van der Waals surface area contributed by atoms with Gasteiger partial charge in [-0.1, -0.05) is 43.8 Å². The van der Waals surface area contributed by atoms with Crippen molar-refractivity contribution in [2.24, 2.45) is 5.92 Å². The Kier molecular flexibility index (Phi) is 5.49. The fourth-order valence-electron chi connectivity index (χ4n) is 1.87. The first-order chi connectivity index (χ1) is 9.15. The fourth-order valence-corrected chi connectivity index (χ4v) is 3.67. The monoisotopic (exact) mass is 291 g/mol. The van der Waals surface area contributed by atoms with Gasteiger partial charge in [0.1, 0.15) is 0 Å². The summed E-state index contributed by atoms with van der Waals surface area (Å²) in [5.74, 6) is 0.703. The van der Waals surface area contributed by atoms with Gasteiger partial charge in [-0.3, -0.25) is 0 Å². The van der Waals surface area contributed by atoms with Crippen molar-refractivity contribution >= 4 is 23.1 Å². The fraction of sp³-hybridized carbons (Fsp3) is 0.375. The summed E-state index contributed by atoms with van der Waals surface area (Å²) in [6, 6.07) is 11.0. The van der Waals surface area contributed by atoms with Crippen LogP contribution in [-0.4, -0.2) is 6.54 Å². The summed E-state index contributed by atoms with van der Waals surface area (Å²) in [6.07, 6.45) is 0. The Bertz CT molecular complexity index is 503. The molecule has 2 aromatic rings. The molecule has 1 heterocycles. The molecule has 0 unspecified atom stereocenters. The van der Waals surface area contributed by atoms with Gasteiger partial charge in [0.25, 0.3) is 0 Å². The summed E-state index contributed by atoms with van der Waals surface area (Å²) >= 11 is 3.65. The van der Waals surface area contributed by atoms with Crippen LogP contribution in [0.5, 0.6) is 0 Å². The van der Waals surface area contributed by atoms with Crippen LogP contribution in [0.4, 0.5) is 0 Å². The van der Waals surface area contributed by atoms with Gasteiger partial charge in [-0.05, 0) is 48.0 Å². The minimum absolute atomic E-state index is 0.703. The number of aryl methyl sites for hydroxylation is 1. The molecule has 1 nitrogen and oxygen atoms in total. The van der Waals surface area contributed by atoms with Crippen LogP contribution in [0, 0.1) is 12.8 Å². The lowest BCUT2D eigenvalue weighted by Gasteiger charge is -2.10. The smallest absolute Gasteiger partial charge is 0.0646 e. The van der Waals surface area contributed by atoms with Gasteiger partial charge in [-0.15, -0.1) is 11.3 Å². The third-order valence-corrected chi connectivity index (χ3v) is 5.04. The molecule has 3 heteroatoms. The van der Waals surface area contributed by atoms with Gasteiger partial charge in [-0.25, -0.2) is 0 Å². The molecular weight excluding hydrogens is 270 g/mol. The van der Waals surface area contributed by atoms with E-state index >= 15 is 0 Å². The minimum Gasteiger partial charge on any atom is -0.312 e. The van der Waals surface area contributed by atoms with Crippen molar-refractivity contribution in [1.29, 1.82) is 0 Å². The predicted octanol–water partition coefficient (Wildman–Crippen LogP) is 4.95. The first-order valence-electron chi connectivity index (χ1n) is 6.67. The molecule has 1 N–H and O–H groups in total. The molecule has 0 aliphatic heterocycles. The molecule has 1 aromatic heterocycles. The highest BCUT2D eigenvalue weighted by molar-refractivity contribution is 8.01. The quantitative estimate of drug-likeness (QED) is 0.808. The van der Waals surface area contributed by atoms with E-state index in [0.29, 0.717) is 5.92 Å². The average Bonchev–Trinajstić information content (AvgIpc) is 2.85. The Morgan fingerprint density at radius 1 is 1.26 bits per heavy atom. The van der Waals surface area contributed by atoms with Crippen molar-refractivity contribution in [3.05, 3.63) is 46.8 Å². The average molecular weight is 291 g/mol. The van der Waals surface area contributed by atoms with Gasteiger partial charge < -0.3 is 5.32 Å². The number of hydrogen-bond donors (Lipinski definition) is 1. The highest BCUT2D eigenvalue weighted by Gasteiger charge is 2.03. The van der Waals surface area contributed by atoms with E-state index in [1.54, 1.807) is 11.3 Å². The van der Waals surface area contributed by atoms with Crippen LogP contribution in [0.25, 0.3) is 0 Å². The molecule has 0 fully saturated rings. The third kappa shape index (κ3) is 4.68. The maximum absolute atomic E-state index is 3.49. The van der Waals surface area contributed by atoms with Crippen LogP contribution in [0.1, 0.15) is 25.0 Å². The number of nitrogens with one attached hydrogen (secondary N) is 1. The minimum atomic E-state index is 0.703. The molecule has 102 valence electrons. The number of rotatable bonds is 6. The highest BCUT2D eigenvalue weighted by atomic mass is 32.2. The summed E-state index contributed by atoms with van der Waals surface area (Å²) in [5.41, 5.74) is 2.73. The standard InChI is InChI=1S/C16H21NS2/c1-12(2)10-17-11-14-6-7-15(13(3)9-14)19-16-5-4-8-18-16/h4-9,12,17H,10-11H2,1-3H3. The lowest BCUT2D eigenvalue weighted by atomic mass is 10.1. The Balaban J connectivity index is 1.97. The summed E-state index contributed by atoms with van der Waals surface area (Å²) in [6.45, 7) is 8.70. The van der Waals surface area contributed by atoms with E-state index in [1.165, 1.54) is 20.2 Å². The van der Waals surface area contributed by atoms with Crippen molar-refractivity contribution < 1.29 is 0 Å². The molecule has 0 spiro atoms. The van der Waals surface area contributed by atoms with Gasteiger partial charge in [0, 0.05) is 11.4 Å². The van der Waals surface area contributed by atoms with Crippen molar-refractivity contribution in [1.82, 2.24) is 5.32 Å². The van der Waals surface area contributed by atoms with Crippen molar-refractivity contribution in [2.45, 2.75) is 36.4 Å². The summed E-state index contributed by atoms with van der Waals surface area (Å²) in [4.78, 5) is 1.36. The van der Waals surface area contributed by atoms with Gasteiger partial charge in [0.2, 0.25) is 0 Å². The molecule has 1 aromatic carbocycles. The molecule has 0 saturated heterocycles. The van der Waals surface area contributed by atoms with E-state index < -0.39 is 0 Å². The van der Waals surface area contributed by atoms with Gasteiger partial charge in [0.15, 0.2) is 0 Å². The zero-order chi connectivity index (χ0) is 13.7. The van der Waals surface area contributed by atoms with Crippen LogP contribution >= 0.6 is 23.1 Å².